The summed E-state index contributed by atoms with van der Waals surface area (Å²) < 4.78 is 2.42. The average molecular weight is 643 g/mol. The molecule has 29 heavy (non-hydrogen) atoms. The van der Waals surface area contributed by atoms with Crippen LogP contribution in [0, 0.1) is 6.92 Å². The molecule has 0 saturated carbocycles. The van der Waals surface area contributed by atoms with Gasteiger partial charge in [0.2, 0.25) is 0 Å². The second kappa shape index (κ2) is 8.10. The molecule has 0 spiro atoms. The van der Waals surface area contributed by atoms with Crippen molar-refractivity contribution < 1.29 is 9.59 Å². The van der Waals surface area contributed by atoms with Crippen molar-refractivity contribution in [1.29, 1.82) is 0 Å². The monoisotopic (exact) mass is 639 g/mol. The van der Waals surface area contributed by atoms with E-state index in [0.29, 0.717) is 22.5 Å². The first-order valence-corrected chi connectivity index (χ1v) is 12.0. The fraction of sp³-hybridized carbons (Fsp3) is 0.0909. The highest BCUT2D eigenvalue weighted by Crippen LogP contribution is 2.45. The maximum absolute atomic E-state index is 13.2. The minimum atomic E-state index is -0.952. The van der Waals surface area contributed by atoms with E-state index in [0.717, 1.165) is 24.7 Å². The average Bonchev–Trinajstić information content (AvgIpc) is 2.69. The van der Waals surface area contributed by atoms with Crippen molar-refractivity contribution in [2.24, 2.45) is 0 Å². The van der Waals surface area contributed by atoms with Crippen LogP contribution in [0.15, 0.2) is 68.0 Å². The van der Waals surface area contributed by atoms with Gasteiger partial charge in [-0.15, -0.1) is 0 Å². The first-order chi connectivity index (χ1) is 13.8. The molecule has 0 aliphatic carbocycles. The van der Waals surface area contributed by atoms with Crippen molar-refractivity contribution in [3.63, 3.8) is 0 Å². The van der Waals surface area contributed by atoms with Crippen LogP contribution in [-0.4, -0.2) is 16.4 Å². The fourth-order valence-electron chi connectivity index (χ4n) is 3.38. The molecule has 0 bridgehead atoms. The zero-order valence-corrected chi connectivity index (χ0v) is 21.4. The number of fused-ring (bicyclic) bond motifs is 2. The normalized spacial score (nSPS) is 14.3. The number of nitrogens with zero attached hydrogens (tertiary/aromatic N) is 1. The lowest BCUT2D eigenvalue weighted by atomic mass is 9.94. The highest BCUT2D eigenvalue weighted by atomic mass is 79.9. The zero-order valence-electron chi connectivity index (χ0n) is 15.0. The summed E-state index contributed by atoms with van der Waals surface area (Å²) >= 11 is 13.9. The number of alkyl halides is 1. The molecule has 1 heterocycles. The van der Waals surface area contributed by atoms with Crippen molar-refractivity contribution in [2.45, 2.75) is 11.8 Å². The van der Waals surface area contributed by atoms with E-state index in [-0.39, 0.29) is 11.6 Å². The molecular formula is C22H13Br4NO2. The molecule has 0 fully saturated rings. The molecule has 0 aromatic heterocycles. The number of hydrogen-bond acceptors (Lipinski definition) is 3. The lowest BCUT2D eigenvalue weighted by Crippen LogP contribution is -2.30. The SMILES string of the molecule is Cc1ccc(N2c3ccc(Br)cc3C(=O)C(Br)C(=O)c3cc(Br)ccc32)c(Br)c1. The Morgan fingerprint density at radius 3 is 1.69 bits per heavy atom. The van der Waals surface area contributed by atoms with Gasteiger partial charge < -0.3 is 4.90 Å². The number of benzene rings is 3. The summed E-state index contributed by atoms with van der Waals surface area (Å²) in [4.78, 5) is 27.5. The van der Waals surface area contributed by atoms with Gasteiger partial charge in [-0.1, -0.05) is 53.9 Å². The Hall–Kier alpha value is -1.28. The van der Waals surface area contributed by atoms with Gasteiger partial charge in [0.1, 0.15) is 4.83 Å². The van der Waals surface area contributed by atoms with E-state index in [2.05, 4.69) is 63.7 Å². The van der Waals surface area contributed by atoms with Gasteiger partial charge in [0, 0.05) is 24.5 Å². The number of rotatable bonds is 1. The maximum atomic E-state index is 13.2. The molecular weight excluding hydrogens is 630 g/mol. The summed E-state index contributed by atoms with van der Waals surface area (Å²) in [7, 11) is 0. The molecule has 0 radical (unpaired) electrons. The highest BCUT2D eigenvalue weighted by Gasteiger charge is 2.35. The van der Waals surface area contributed by atoms with Crippen LogP contribution in [-0.2, 0) is 0 Å². The Morgan fingerprint density at radius 1 is 0.724 bits per heavy atom. The largest absolute Gasteiger partial charge is 0.308 e. The van der Waals surface area contributed by atoms with Crippen LogP contribution < -0.4 is 4.90 Å². The molecule has 3 nitrogen and oxygen atoms in total. The minimum absolute atomic E-state index is 0.273. The van der Waals surface area contributed by atoms with E-state index >= 15 is 0 Å². The van der Waals surface area contributed by atoms with Gasteiger partial charge in [0.05, 0.1) is 17.1 Å². The highest BCUT2D eigenvalue weighted by molar-refractivity contribution is 9.11. The van der Waals surface area contributed by atoms with E-state index in [4.69, 9.17) is 0 Å². The molecule has 1 aliphatic rings. The Balaban J connectivity index is 2.12. The number of anilines is 3. The van der Waals surface area contributed by atoms with Crippen LogP contribution in [0.5, 0.6) is 0 Å². The molecule has 7 heteroatoms. The summed E-state index contributed by atoms with van der Waals surface area (Å²) in [6, 6.07) is 17.1. The third kappa shape index (κ3) is 3.78. The summed E-state index contributed by atoms with van der Waals surface area (Å²) in [6.45, 7) is 2.01. The van der Waals surface area contributed by atoms with Crippen LogP contribution in [0.1, 0.15) is 26.3 Å². The lowest BCUT2D eigenvalue weighted by molar-refractivity contribution is 0.0906. The van der Waals surface area contributed by atoms with Gasteiger partial charge in [-0.2, -0.15) is 0 Å². The topological polar surface area (TPSA) is 37.4 Å². The van der Waals surface area contributed by atoms with E-state index in [1.807, 2.05) is 54.3 Å². The molecule has 0 amide bonds. The number of hydrogen-bond donors (Lipinski definition) is 0. The summed E-state index contributed by atoms with van der Waals surface area (Å²) in [5.74, 6) is -0.546. The lowest BCUT2D eigenvalue weighted by Gasteiger charge is -2.32. The van der Waals surface area contributed by atoms with Crippen LogP contribution in [0.3, 0.4) is 0 Å². The van der Waals surface area contributed by atoms with Crippen LogP contribution >= 0.6 is 63.7 Å². The van der Waals surface area contributed by atoms with Gasteiger partial charge in [-0.25, -0.2) is 0 Å². The second-order valence-electron chi connectivity index (χ2n) is 6.70. The Labute approximate surface area is 202 Å². The van der Waals surface area contributed by atoms with Crippen molar-refractivity contribution in [2.75, 3.05) is 4.90 Å². The standard InChI is InChI=1S/C22H13Br4NO2/c1-11-2-5-19(16(25)8-11)27-17-6-3-12(23)9-14(17)21(28)20(26)22(29)15-10-13(24)4-7-18(15)27/h2-10,20H,1H3. The summed E-state index contributed by atoms with van der Waals surface area (Å²) in [5.41, 5.74) is 4.31. The van der Waals surface area contributed by atoms with Crippen molar-refractivity contribution in [1.82, 2.24) is 0 Å². The van der Waals surface area contributed by atoms with E-state index in [9.17, 15) is 9.59 Å². The Morgan fingerprint density at radius 2 is 1.21 bits per heavy atom. The number of ketones is 2. The Kier molecular flexibility index (Phi) is 5.86. The van der Waals surface area contributed by atoms with Gasteiger partial charge >= 0.3 is 0 Å². The number of halogens is 4. The molecule has 4 rings (SSSR count). The molecule has 146 valence electrons. The maximum Gasteiger partial charge on any atom is 0.186 e. The number of Topliss-reactive ketones (excluding diaryl/α,β-unsaturated/α-hetero) is 2. The van der Waals surface area contributed by atoms with Crippen LogP contribution in [0.25, 0.3) is 0 Å². The van der Waals surface area contributed by atoms with Crippen molar-refractivity contribution in [3.05, 3.63) is 84.7 Å². The smallest absolute Gasteiger partial charge is 0.186 e. The molecule has 1 aliphatic heterocycles. The van der Waals surface area contributed by atoms with Crippen LogP contribution in [0.2, 0.25) is 0 Å². The third-order valence-corrected chi connectivity index (χ3v) is 7.19. The van der Waals surface area contributed by atoms with Crippen LogP contribution in [0.4, 0.5) is 17.1 Å². The quantitative estimate of drug-likeness (QED) is 0.200. The van der Waals surface area contributed by atoms with E-state index < -0.39 is 4.83 Å². The summed E-state index contributed by atoms with van der Waals surface area (Å²) in [5, 5.41) is 0. The predicted octanol–water partition coefficient (Wildman–Crippen LogP) is 7.89. The molecule has 0 atom stereocenters. The van der Waals surface area contributed by atoms with Gasteiger partial charge in [-0.3, -0.25) is 9.59 Å². The third-order valence-electron chi connectivity index (χ3n) is 4.73. The molecule has 3 aromatic rings. The van der Waals surface area contributed by atoms with Gasteiger partial charge in [-0.05, 0) is 76.9 Å². The van der Waals surface area contributed by atoms with E-state index in [1.54, 1.807) is 12.1 Å². The van der Waals surface area contributed by atoms with Crippen molar-refractivity contribution in [3.8, 4) is 0 Å². The molecule has 0 saturated heterocycles. The molecule has 0 N–H and O–H groups in total. The zero-order chi connectivity index (χ0) is 20.9. The number of carbonyl (C=O) groups is 2. The first-order valence-electron chi connectivity index (χ1n) is 8.66. The number of carbonyl (C=O) groups excluding carboxylic acids is 2. The second-order valence-corrected chi connectivity index (χ2v) is 10.3. The van der Waals surface area contributed by atoms with Crippen molar-refractivity contribution >= 4 is 92.3 Å². The fourth-order valence-corrected chi connectivity index (χ4v) is 5.26. The van der Waals surface area contributed by atoms with E-state index in [1.165, 1.54) is 0 Å². The molecule has 0 unspecified atom stereocenters. The Bertz CT molecular complexity index is 1110. The van der Waals surface area contributed by atoms with Gasteiger partial charge in [0.15, 0.2) is 11.6 Å². The minimum Gasteiger partial charge on any atom is -0.308 e. The van der Waals surface area contributed by atoms with Gasteiger partial charge in [0.25, 0.3) is 0 Å². The number of aryl methyl sites for hydroxylation is 1. The first kappa shape index (κ1) is 21.0. The predicted molar refractivity (Wildman–Crippen MR) is 130 cm³/mol. The molecule has 3 aromatic carbocycles. The summed E-state index contributed by atoms with van der Waals surface area (Å²) in [6.07, 6.45) is 0.